The van der Waals surface area contributed by atoms with E-state index >= 15 is 0 Å². The van der Waals surface area contributed by atoms with Gasteiger partial charge in [0.25, 0.3) is 0 Å². The Morgan fingerprint density at radius 3 is 2.76 bits per heavy atom. The number of hydrogen-bond donors (Lipinski definition) is 1. The van der Waals surface area contributed by atoms with E-state index in [1.807, 2.05) is 19.1 Å². The standard InChI is InChI=1S/C18H20N4O2S/c1-11-7-15(21-24-11)18(4,23)12-5-6-13-14(8-12)22(9-17(13,2)3)16-19-10-20-25-16/h5-8,10,23H,9H2,1-4H3/t18-/m0/s1. The molecule has 0 amide bonds. The zero-order valence-corrected chi connectivity index (χ0v) is 15.5. The Morgan fingerprint density at radius 2 is 2.12 bits per heavy atom. The van der Waals surface area contributed by atoms with Crippen LogP contribution in [0.2, 0.25) is 0 Å². The summed E-state index contributed by atoms with van der Waals surface area (Å²) in [4.78, 5) is 6.53. The smallest absolute Gasteiger partial charge is 0.209 e. The molecule has 6 nitrogen and oxygen atoms in total. The van der Waals surface area contributed by atoms with Gasteiger partial charge in [-0.05, 0) is 31.0 Å². The Morgan fingerprint density at radius 1 is 1.32 bits per heavy atom. The van der Waals surface area contributed by atoms with Crippen LogP contribution in [0.4, 0.5) is 10.8 Å². The van der Waals surface area contributed by atoms with Gasteiger partial charge in [0.2, 0.25) is 5.13 Å². The van der Waals surface area contributed by atoms with Gasteiger partial charge in [-0.3, -0.25) is 0 Å². The molecule has 1 aliphatic rings. The van der Waals surface area contributed by atoms with Gasteiger partial charge in [-0.1, -0.05) is 31.1 Å². The van der Waals surface area contributed by atoms with E-state index in [1.54, 1.807) is 19.3 Å². The quantitative estimate of drug-likeness (QED) is 0.774. The van der Waals surface area contributed by atoms with E-state index in [2.05, 4.69) is 39.3 Å². The van der Waals surface area contributed by atoms with Crippen molar-refractivity contribution in [2.75, 3.05) is 11.4 Å². The molecule has 2 aromatic heterocycles. The van der Waals surface area contributed by atoms with Gasteiger partial charge < -0.3 is 14.5 Å². The van der Waals surface area contributed by atoms with E-state index < -0.39 is 5.60 Å². The monoisotopic (exact) mass is 356 g/mol. The summed E-state index contributed by atoms with van der Waals surface area (Å²) < 4.78 is 9.27. The molecule has 0 saturated heterocycles. The topological polar surface area (TPSA) is 75.3 Å². The molecule has 0 unspecified atom stereocenters. The SMILES string of the molecule is Cc1cc([C@@](C)(O)c2ccc3c(c2)N(c2ncns2)CC3(C)C)no1. The highest BCUT2D eigenvalue weighted by Crippen LogP contribution is 2.46. The maximum absolute atomic E-state index is 11.1. The van der Waals surface area contributed by atoms with Crippen LogP contribution in [0.25, 0.3) is 0 Å². The summed E-state index contributed by atoms with van der Waals surface area (Å²) in [6.45, 7) is 8.81. The van der Waals surface area contributed by atoms with Crippen LogP contribution in [-0.4, -0.2) is 26.2 Å². The van der Waals surface area contributed by atoms with Crippen molar-refractivity contribution in [2.45, 2.75) is 38.7 Å². The molecule has 0 fully saturated rings. The van der Waals surface area contributed by atoms with Crippen LogP contribution in [0.1, 0.15) is 43.4 Å². The number of aryl methyl sites for hydroxylation is 1. The molecule has 0 saturated carbocycles. The lowest BCUT2D eigenvalue weighted by molar-refractivity contribution is 0.0932. The van der Waals surface area contributed by atoms with Gasteiger partial charge >= 0.3 is 0 Å². The zero-order chi connectivity index (χ0) is 17.8. The minimum Gasteiger partial charge on any atom is -0.379 e. The molecular weight excluding hydrogens is 336 g/mol. The second-order valence-corrected chi connectivity index (χ2v) is 8.08. The third-order valence-electron chi connectivity index (χ3n) is 4.84. The lowest BCUT2D eigenvalue weighted by Gasteiger charge is -2.23. The van der Waals surface area contributed by atoms with Gasteiger partial charge in [0.15, 0.2) is 0 Å². The third-order valence-corrected chi connectivity index (χ3v) is 5.53. The number of hydrogen-bond acceptors (Lipinski definition) is 7. The van der Waals surface area contributed by atoms with E-state index in [0.29, 0.717) is 11.5 Å². The molecule has 4 rings (SSSR count). The minimum atomic E-state index is -1.23. The highest BCUT2D eigenvalue weighted by molar-refractivity contribution is 7.09. The number of aromatic nitrogens is 3. The Balaban J connectivity index is 1.82. The number of anilines is 2. The summed E-state index contributed by atoms with van der Waals surface area (Å²) >= 11 is 1.37. The molecule has 3 aromatic rings. The fourth-order valence-electron chi connectivity index (χ4n) is 3.40. The number of aliphatic hydroxyl groups is 1. The molecule has 0 radical (unpaired) electrons. The van der Waals surface area contributed by atoms with E-state index in [1.165, 1.54) is 17.1 Å². The summed E-state index contributed by atoms with van der Waals surface area (Å²) in [7, 11) is 0. The maximum Gasteiger partial charge on any atom is 0.209 e. The van der Waals surface area contributed by atoms with Crippen molar-refractivity contribution in [3.05, 3.63) is 53.2 Å². The predicted molar refractivity (Wildman–Crippen MR) is 96.3 cm³/mol. The molecule has 130 valence electrons. The molecule has 0 aliphatic carbocycles. The first-order valence-corrected chi connectivity index (χ1v) is 8.92. The molecular formula is C18H20N4O2S. The van der Waals surface area contributed by atoms with Gasteiger partial charge in [-0.15, -0.1) is 0 Å². The first-order valence-electron chi connectivity index (χ1n) is 8.14. The van der Waals surface area contributed by atoms with Crippen molar-refractivity contribution >= 4 is 22.4 Å². The fourth-order valence-corrected chi connectivity index (χ4v) is 3.94. The van der Waals surface area contributed by atoms with Crippen molar-refractivity contribution < 1.29 is 9.63 Å². The first-order chi connectivity index (χ1) is 11.8. The van der Waals surface area contributed by atoms with Crippen LogP contribution in [0.3, 0.4) is 0 Å². The van der Waals surface area contributed by atoms with Crippen LogP contribution in [-0.2, 0) is 11.0 Å². The summed E-state index contributed by atoms with van der Waals surface area (Å²) in [5.74, 6) is 0.674. The molecule has 25 heavy (non-hydrogen) atoms. The summed E-state index contributed by atoms with van der Waals surface area (Å²) in [5, 5.41) is 15.9. The Labute approximate surface area is 150 Å². The van der Waals surface area contributed by atoms with Crippen molar-refractivity contribution in [3.63, 3.8) is 0 Å². The first kappa shape index (κ1) is 16.2. The maximum atomic E-state index is 11.1. The average molecular weight is 356 g/mol. The average Bonchev–Trinajstić information content (AvgIpc) is 3.27. The highest BCUT2D eigenvalue weighted by Gasteiger charge is 2.39. The van der Waals surface area contributed by atoms with E-state index in [-0.39, 0.29) is 5.41 Å². The number of rotatable bonds is 3. The molecule has 0 bridgehead atoms. The summed E-state index contributed by atoms with van der Waals surface area (Å²) in [5.41, 5.74) is 2.33. The van der Waals surface area contributed by atoms with Gasteiger partial charge in [-0.25, -0.2) is 4.98 Å². The van der Waals surface area contributed by atoms with E-state index in [0.717, 1.165) is 22.9 Å². The molecule has 1 N–H and O–H groups in total. The normalized spacial score (nSPS) is 18.2. The van der Waals surface area contributed by atoms with Crippen molar-refractivity contribution in [1.82, 2.24) is 14.5 Å². The lowest BCUT2D eigenvalue weighted by atomic mass is 9.84. The van der Waals surface area contributed by atoms with Gasteiger partial charge in [0.05, 0.1) is 0 Å². The second kappa shape index (κ2) is 5.37. The van der Waals surface area contributed by atoms with Crippen molar-refractivity contribution in [3.8, 4) is 0 Å². The predicted octanol–water partition coefficient (Wildman–Crippen LogP) is 3.52. The van der Waals surface area contributed by atoms with Crippen LogP contribution in [0.5, 0.6) is 0 Å². The molecule has 7 heteroatoms. The molecule has 0 spiro atoms. The summed E-state index contributed by atoms with van der Waals surface area (Å²) in [6.07, 6.45) is 1.57. The minimum absolute atomic E-state index is 0.00410. The highest BCUT2D eigenvalue weighted by atomic mass is 32.1. The Kier molecular flexibility index (Phi) is 3.49. The Bertz CT molecular complexity index is 915. The van der Waals surface area contributed by atoms with Crippen LogP contribution in [0, 0.1) is 6.92 Å². The molecule has 1 atom stereocenters. The zero-order valence-electron chi connectivity index (χ0n) is 14.6. The van der Waals surface area contributed by atoms with E-state index in [4.69, 9.17) is 4.52 Å². The largest absolute Gasteiger partial charge is 0.379 e. The number of fused-ring (bicyclic) bond motifs is 1. The number of benzene rings is 1. The molecule has 1 aromatic carbocycles. The number of nitrogens with zero attached hydrogens (tertiary/aromatic N) is 4. The van der Waals surface area contributed by atoms with Crippen LogP contribution in [0.15, 0.2) is 35.1 Å². The van der Waals surface area contributed by atoms with Crippen LogP contribution < -0.4 is 4.90 Å². The molecule has 1 aliphatic heterocycles. The fraction of sp³-hybridized carbons (Fsp3) is 0.389. The van der Waals surface area contributed by atoms with Crippen molar-refractivity contribution in [1.29, 1.82) is 0 Å². The lowest BCUT2D eigenvalue weighted by Crippen LogP contribution is -2.24. The van der Waals surface area contributed by atoms with Gasteiger partial charge in [0.1, 0.15) is 23.4 Å². The Hall–Kier alpha value is -2.25. The van der Waals surface area contributed by atoms with Crippen LogP contribution >= 0.6 is 11.5 Å². The van der Waals surface area contributed by atoms with Gasteiger partial charge in [0, 0.05) is 35.2 Å². The third kappa shape index (κ3) is 2.54. The summed E-state index contributed by atoms with van der Waals surface area (Å²) in [6, 6.07) is 7.84. The van der Waals surface area contributed by atoms with Crippen molar-refractivity contribution in [2.24, 2.45) is 0 Å². The van der Waals surface area contributed by atoms with E-state index in [9.17, 15) is 5.11 Å². The molecule has 3 heterocycles. The second-order valence-electron chi connectivity index (χ2n) is 7.32. The van der Waals surface area contributed by atoms with Gasteiger partial charge in [-0.2, -0.15) is 4.37 Å².